The Morgan fingerprint density at radius 1 is 1.19 bits per heavy atom. The first-order valence-electron chi connectivity index (χ1n) is 9.27. The molecule has 0 atom stereocenters. The largest absolute Gasteiger partial charge is 0.454 e. The quantitative estimate of drug-likeness (QED) is 0.569. The predicted octanol–water partition coefficient (Wildman–Crippen LogP) is 4.16. The lowest BCUT2D eigenvalue weighted by Crippen LogP contribution is -2.10. The Balaban J connectivity index is 1.97. The Morgan fingerprint density at radius 3 is 2.69 bits per heavy atom. The second-order valence-corrected chi connectivity index (χ2v) is 7.63. The van der Waals surface area contributed by atoms with Gasteiger partial charge in [-0.1, -0.05) is 26.7 Å². The van der Waals surface area contributed by atoms with Crippen LogP contribution in [0.15, 0.2) is 32.2 Å². The van der Waals surface area contributed by atoms with Crippen molar-refractivity contribution in [3.8, 4) is 0 Å². The highest BCUT2D eigenvalue weighted by atomic mass is 16.3. The standard InChI is InChI=1S/C20H21N3O3/c1-10(2)15-16-19(23(22-20(16)25)11-5-3-4-6-11)21-17-13-8-7-12(24)9-14(13)26-18(15)17/h7-11,21H,3-6H2,1-2H3,(H,22,25). The summed E-state index contributed by atoms with van der Waals surface area (Å²) >= 11 is 0. The van der Waals surface area contributed by atoms with E-state index in [1.54, 1.807) is 12.1 Å². The molecule has 0 radical (unpaired) electrons. The van der Waals surface area contributed by atoms with E-state index in [9.17, 15) is 9.59 Å². The molecule has 1 aliphatic rings. The summed E-state index contributed by atoms with van der Waals surface area (Å²) in [5.74, 6) is 0.113. The predicted molar refractivity (Wildman–Crippen MR) is 102 cm³/mol. The van der Waals surface area contributed by atoms with E-state index >= 15 is 0 Å². The van der Waals surface area contributed by atoms with E-state index in [4.69, 9.17) is 4.42 Å². The van der Waals surface area contributed by atoms with Crippen LogP contribution in [0.4, 0.5) is 0 Å². The number of aromatic nitrogens is 3. The van der Waals surface area contributed by atoms with Crippen molar-refractivity contribution in [1.29, 1.82) is 0 Å². The van der Waals surface area contributed by atoms with Crippen LogP contribution in [0.5, 0.6) is 0 Å². The van der Waals surface area contributed by atoms with Gasteiger partial charge in [-0.25, -0.2) is 0 Å². The number of furan rings is 1. The van der Waals surface area contributed by atoms with Crippen molar-refractivity contribution in [2.75, 3.05) is 0 Å². The first-order valence-corrected chi connectivity index (χ1v) is 9.27. The summed E-state index contributed by atoms with van der Waals surface area (Å²) in [6, 6.07) is 5.17. The second kappa shape index (κ2) is 5.37. The van der Waals surface area contributed by atoms with Crippen LogP contribution in [0.2, 0.25) is 0 Å². The number of pyridine rings is 1. The van der Waals surface area contributed by atoms with Crippen molar-refractivity contribution < 1.29 is 4.42 Å². The first kappa shape index (κ1) is 15.5. The lowest BCUT2D eigenvalue weighted by molar-refractivity contribution is 0.476. The zero-order valence-corrected chi connectivity index (χ0v) is 14.9. The maximum atomic E-state index is 12.8. The molecule has 26 heavy (non-hydrogen) atoms. The molecule has 3 heterocycles. The molecule has 1 saturated carbocycles. The molecule has 6 nitrogen and oxygen atoms in total. The van der Waals surface area contributed by atoms with Gasteiger partial charge in [-0.3, -0.25) is 19.4 Å². The maximum Gasteiger partial charge on any atom is 0.274 e. The van der Waals surface area contributed by atoms with Crippen molar-refractivity contribution in [2.24, 2.45) is 0 Å². The van der Waals surface area contributed by atoms with Gasteiger partial charge in [0, 0.05) is 17.0 Å². The summed E-state index contributed by atoms with van der Waals surface area (Å²) in [6.45, 7) is 4.12. The van der Waals surface area contributed by atoms with Crippen molar-refractivity contribution in [3.63, 3.8) is 0 Å². The minimum Gasteiger partial charge on any atom is -0.454 e. The fourth-order valence-corrected chi connectivity index (χ4v) is 4.43. The average Bonchev–Trinajstić information content (AvgIpc) is 3.30. The highest BCUT2D eigenvalue weighted by Crippen LogP contribution is 2.37. The van der Waals surface area contributed by atoms with Gasteiger partial charge in [0.25, 0.3) is 5.56 Å². The van der Waals surface area contributed by atoms with Crippen molar-refractivity contribution in [1.82, 2.24) is 14.8 Å². The molecular weight excluding hydrogens is 330 g/mol. The lowest BCUT2D eigenvalue weighted by Gasteiger charge is -2.13. The molecule has 1 aromatic carbocycles. The summed E-state index contributed by atoms with van der Waals surface area (Å²) in [5, 5.41) is 4.59. The third-order valence-corrected chi connectivity index (χ3v) is 5.61. The van der Waals surface area contributed by atoms with E-state index in [0.29, 0.717) is 22.6 Å². The Bertz CT molecular complexity index is 1260. The molecule has 0 spiro atoms. The molecular formula is C20H21N3O3. The van der Waals surface area contributed by atoms with E-state index in [2.05, 4.69) is 23.9 Å². The SMILES string of the molecule is CC(C)c1c2oc3cc(=O)ccc3c2[nH]c2c1c(=O)[nH]n2C1CCCC1. The van der Waals surface area contributed by atoms with E-state index < -0.39 is 0 Å². The highest BCUT2D eigenvalue weighted by Gasteiger charge is 2.26. The van der Waals surface area contributed by atoms with Crippen LogP contribution in [-0.4, -0.2) is 14.8 Å². The van der Waals surface area contributed by atoms with E-state index in [1.165, 1.54) is 18.9 Å². The monoisotopic (exact) mass is 351 g/mol. The fourth-order valence-electron chi connectivity index (χ4n) is 4.43. The number of rotatable bonds is 2. The van der Waals surface area contributed by atoms with Crippen LogP contribution in [0.1, 0.15) is 57.1 Å². The van der Waals surface area contributed by atoms with Crippen molar-refractivity contribution >= 4 is 33.1 Å². The lowest BCUT2D eigenvalue weighted by atomic mass is 9.99. The number of hydrogen-bond donors (Lipinski definition) is 2. The molecule has 5 rings (SSSR count). The zero-order chi connectivity index (χ0) is 18.0. The number of aromatic amines is 2. The third-order valence-electron chi connectivity index (χ3n) is 5.61. The van der Waals surface area contributed by atoms with Gasteiger partial charge in [-0.2, -0.15) is 0 Å². The number of nitrogens with one attached hydrogen (secondary N) is 2. The number of fused-ring (bicyclic) bond motifs is 4. The second-order valence-electron chi connectivity index (χ2n) is 7.63. The topological polar surface area (TPSA) is 83.8 Å². The van der Waals surface area contributed by atoms with E-state index in [0.717, 1.165) is 35.0 Å². The third kappa shape index (κ3) is 2.04. The van der Waals surface area contributed by atoms with Crippen LogP contribution in [-0.2, 0) is 0 Å². The molecule has 6 heteroatoms. The zero-order valence-electron chi connectivity index (χ0n) is 14.9. The van der Waals surface area contributed by atoms with Crippen LogP contribution < -0.4 is 11.0 Å². The molecule has 1 fully saturated rings. The molecule has 0 bridgehead atoms. The Morgan fingerprint density at radius 2 is 1.96 bits per heavy atom. The molecule has 4 aromatic rings. The van der Waals surface area contributed by atoms with Crippen LogP contribution in [0.3, 0.4) is 0 Å². The number of H-pyrrole nitrogens is 2. The molecule has 0 amide bonds. The minimum absolute atomic E-state index is 0.0829. The molecule has 0 unspecified atom stereocenters. The molecule has 134 valence electrons. The summed E-state index contributed by atoms with van der Waals surface area (Å²) in [6.07, 6.45) is 4.53. The smallest absolute Gasteiger partial charge is 0.274 e. The highest BCUT2D eigenvalue weighted by molar-refractivity contribution is 6.07. The summed E-state index contributed by atoms with van der Waals surface area (Å²) < 4.78 is 8.04. The van der Waals surface area contributed by atoms with Crippen LogP contribution in [0.25, 0.3) is 33.1 Å². The Hall–Kier alpha value is -2.76. The van der Waals surface area contributed by atoms with E-state index in [-0.39, 0.29) is 16.9 Å². The summed E-state index contributed by atoms with van der Waals surface area (Å²) in [4.78, 5) is 28.0. The minimum atomic E-state index is -0.0845. The van der Waals surface area contributed by atoms with Gasteiger partial charge in [0.05, 0.1) is 16.9 Å². The summed E-state index contributed by atoms with van der Waals surface area (Å²) in [5.41, 5.74) is 3.63. The molecule has 2 N–H and O–H groups in total. The van der Waals surface area contributed by atoms with Crippen molar-refractivity contribution in [2.45, 2.75) is 51.5 Å². The average molecular weight is 351 g/mol. The van der Waals surface area contributed by atoms with Crippen LogP contribution in [0, 0.1) is 0 Å². The van der Waals surface area contributed by atoms with Crippen molar-refractivity contribution in [3.05, 3.63) is 44.3 Å². The van der Waals surface area contributed by atoms with E-state index in [1.807, 2.05) is 4.68 Å². The summed E-state index contributed by atoms with van der Waals surface area (Å²) in [7, 11) is 0. The maximum absolute atomic E-state index is 12.8. The molecule has 0 aliphatic heterocycles. The fraction of sp³-hybridized carbons (Fsp3) is 0.400. The number of hydrogen-bond acceptors (Lipinski definition) is 3. The molecule has 1 aliphatic carbocycles. The van der Waals surface area contributed by atoms with Gasteiger partial charge in [0.2, 0.25) is 0 Å². The Labute approximate surface area is 148 Å². The van der Waals surface area contributed by atoms with Gasteiger partial charge in [0.1, 0.15) is 11.2 Å². The van der Waals surface area contributed by atoms with Gasteiger partial charge < -0.3 is 9.40 Å². The van der Waals surface area contributed by atoms with Gasteiger partial charge in [-0.05, 0) is 30.9 Å². The number of nitrogens with zero attached hydrogens (tertiary/aromatic N) is 1. The van der Waals surface area contributed by atoms with Crippen LogP contribution >= 0.6 is 0 Å². The Kier molecular flexibility index (Phi) is 3.20. The molecule has 3 aromatic heterocycles. The normalized spacial score (nSPS) is 16.0. The van der Waals surface area contributed by atoms with Gasteiger partial charge >= 0.3 is 0 Å². The first-order chi connectivity index (χ1) is 12.5. The van der Waals surface area contributed by atoms with Gasteiger partial charge in [-0.15, -0.1) is 0 Å². The molecule has 0 saturated heterocycles. The van der Waals surface area contributed by atoms with Gasteiger partial charge in [0.15, 0.2) is 11.0 Å². The number of benzene rings is 1.